The zero-order valence-electron chi connectivity index (χ0n) is 11.1. The molecule has 0 aliphatic rings. The van der Waals surface area contributed by atoms with Crippen LogP contribution in [0.4, 0.5) is 0 Å². The Morgan fingerprint density at radius 1 is 1.33 bits per heavy atom. The van der Waals surface area contributed by atoms with E-state index in [1.165, 1.54) is 13.3 Å². The van der Waals surface area contributed by atoms with Gasteiger partial charge in [0.05, 0.1) is 18.9 Å². The Morgan fingerprint density at radius 3 is 2.81 bits per heavy atom. The van der Waals surface area contributed by atoms with E-state index in [1.54, 1.807) is 30.3 Å². The highest BCUT2D eigenvalue weighted by Gasteiger charge is 2.11. The van der Waals surface area contributed by atoms with Gasteiger partial charge >= 0.3 is 0 Å². The molecular weight excluding hydrogens is 356 g/mol. The Labute approximate surface area is 135 Å². The molecule has 4 nitrogen and oxygen atoms in total. The van der Waals surface area contributed by atoms with E-state index >= 15 is 0 Å². The zero-order valence-corrected chi connectivity index (χ0v) is 13.5. The topological polar surface area (TPSA) is 50.7 Å². The molecule has 0 spiro atoms. The summed E-state index contributed by atoms with van der Waals surface area (Å²) in [6, 6.07) is 12.4. The number of ether oxygens (including phenoxy) is 1. The van der Waals surface area contributed by atoms with Crippen LogP contribution in [0.2, 0.25) is 5.02 Å². The molecule has 6 heteroatoms. The maximum absolute atomic E-state index is 12.1. The summed E-state index contributed by atoms with van der Waals surface area (Å²) in [6.07, 6.45) is 1.49. The van der Waals surface area contributed by atoms with Crippen LogP contribution in [-0.4, -0.2) is 19.2 Å². The summed E-state index contributed by atoms with van der Waals surface area (Å²) in [6.45, 7) is 0. The molecule has 0 atom stereocenters. The predicted octanol–water partition coefficient (Wildman–Crippen LogP) is 3.88. The molecule has 0 heterocycles. The summed E-state index contributed by atoms with van der Waals surface area (Å²) < 4.78 is 5.93. The van der Waals surface area contributed by atoms with Gasteiger partial charge in [-0.3, -0.25) is 4.79 Å². The zero-order chi connectivity index (χ0) is 15.2. The molecule has 1 amide bonds. The Kier molecular flexibility index (Phi) is 5.36. The first-order valence-electron chi connectivity index (χ1n) is 6.03. The molecule has 0 bridgehead atoms. The van der Waals surface area contributed by atoms with Crippen molar-refractivity contribution in [3.63, 3.8) is 0 Å². The summed E-state index contributed by atoms with van der Waals surface area (Å²) >= 11 is 9.31. The number of hydrazone groups is 1. The van der Waals surface area contributed by atoms with Crippen LogP contribution in [0.25, 0.3) is 0 Å². The summed E-state index contributed by atoms with van der Waals surface area (Å²) in [4.78, 5) is 12.1. The molecule has 0 unspecified atom stereocenters. The minimum absolute atomic E-state index is 0.364. The Morgan fingerprint density at radius 2 is 2.10 bits per heavy atom. The second kappa shape index (κ2) is 7.24. The van der Waals surface area contributed by atoms with E-state index in [9.17, 15) is 4.79 Å². The predicted molar refractivity (Wildman–Crippen MR) is 87.2 cm³/mol. The molecule has 2 aromatic rings. The van der Waals surface area contributed by atoms with Crippen LogP contribution in [0.1, 0.15) is 15.9 Å². The fourth-order valence-corrected chi connectivity index (χ4v) is 2.20. The van der Waals surface area contributed by atoms with E-state index in [0.29, 0.717) is 16.3 Å². The van der Waals surface area contributed by atoms with Gasteiger partial charge in [-0.15, -0.1) is 0 Å². The molecule has 2 aromatic carbocycles. The number of methoxy groups -OCH3 is 1. The summed E-state index contributed by atoms with van der Waals surface area (Å²) in [5.41, 5.74) is 3.56. The fourth-order valence-electron chi connectivity index (χ4n) is 1.66. The first-order chi connectivity index (χ1) is 10.1. The van der Waals surface area contributed by atoms with Crippen molar-refractivity contribution in [2.45, 2.75) is 0 Å². The van der Waals surface area contributed by atoms with E-state index in [1.807, 2.05) is 12.1 Å². The van der Waals surface area contributed by atoms with Crippen LogP contribution < -0.4 is 10.2 Å². The van der Waals surface area contributed by atoms with E-state index in [4.69, 9.17) is 16.3 Å². The third-order valence-electron chi connectivity index (χ3n) is 2.68. The maximum Gasteiger partial charge on any atom is 0.275 e. The summed E-state index contributed by atoms with van der Waals surface area (Å²) in [5, 5.41) is 4.47. The van der Waals surface area contributed by atoms with Gasteiger partial charge in [0.1, 0.15) is 5.75 Å². The van der Waals surface area contributed by atoms with Crippen LogP contribution in [0.3, 0.4) is 0 Å². The average Bonchev–Trinajstić information content (AvgIpc) is 2.49. The van der Waals surface area contributed by atoms with Crippen molar-refractivity contribution in [1.82, 2.24) is 5.43 Å². The third-order valence-corrected chi connectivity index (χ3v) is 3.52. The molecule has 0 radical (unpaired) electrons. The van der Waals surface area contributed by atoms with Gasteiger partial charge in [-0.05, 0) is 24.3 Å². The van der Waals surface area contributed by atoms with Crippen molar-refractivity contribution in [1.29, 1.82) is 0 Å². The average molecular weight is 368 g/mol. The summed E-state index contributed by atoms with van der Waals surface area (Å²) in [7, 11) is 1.51. The minimum atomic E-state index is -0.364. The first-order valence-corrected chi connectivity index (χ1v) is 7.20. The lowest BCUT2D eigenvalue weighted by Gasteiger charge is -2.07. The summed E-state index contributed by atoms with van der Waals surface area (Å²) in [5.74, 6) is 0.111. The molecule has 21 heavy (non-hydrogen) atoms. The van der Waals surface area contributed by atoms with E-state index < -0.39 is 0 Å². The lowest BCUT2D eigenvalue weighted by atomic mass is 10.2. The standard InChI is InChI=1S/C15H12BrClN2O2/c1-21-14-7-6-11(16)8-12(14)15(20)19-18-9-10-4-2-3-5-13(10)17/h2-9H,1H3,(H,19,20)/b18-9-. The second-order valence-corrected chi connectivity index (χ2v) is 5.39. The van der Waals surface area contributed by atoms with Crippen LogP contribution in [0, 0.1) is 0 Å². The molecule has 0 aromatic heterocycles. The highest BCUT2D eigenvalue weighted by atomic mass is 79.9. The number of hydrogen-bond acceptors (Lipinski definition) is 3. The second-order valence-electron chi connectivity index (χ2n) is 4.07. The monoisotopic (exact) mass is 366 g/mol. The third kappa shape index (κ3) is 4.06. The molecule has 108 valence electrons. The SMILES string of the molecule is COc1ccc(Br)cc1C(=O)N/N=C\c1ccccc1Cl. The number of nitrogens with zero attached hydrogens (tertiary/aromatic N) is 1. The molecule has 0 saturated carbocycles. The normalized spacial score (nSPS) is 10.6. The Hall–Kier alpha value is -1.85. The maximum atomic E-state index is 12.1. The van der Waals surface area contributed by atoms with E-state index in [0.717, 1.165) is 10.0 Å². The van der Waals surface area contributed by atoms with Crippen molar-refractivity contribution in [2.75, 3.05) is 7.11 Å². The smallest absolute Gasteiger partial charge is 0.275 e. The van der Waals surface area contributed by atoms with Crippen molar-refractivity contribution < 1.29 is 9.53 Å². The molecule has 0 fully saturated rings. The van der Waals surface area contributed by atoms with Crippen molar-refractivity contribution in [3.8, 4) is 5.75 Å². The van der Waals surface area contributed by atoms with Crippen molar-refractivity contribution >= 4 is 39.7 Å². The van der Waals surface area contributed by atoms with Gasteiger partial charge < -0.3 is 4.74 Å². The number of benzene rings is 2. The number of rotatable bonds is 4. The van der Waals surface area contributed by atoms with Crippen LogP contribution in [0.5, 0.6) is 5.75 Å². The molecule has 0 aliphatic heterocycles. The Balaban J connectivity index is 2.12. The first kappa shape index (κ1) is 15.5. The van der Waals surface area contributed by atoms with Crippen molar-refractivity contribution in [3.05, 3.63) is 63.1 Å². The molecular formula is C15H12BrClN2O2. The molecule has 1 N–H and O–H groups in total. The molecule has 2 rings (SSSR count). The number of nitrogens with one attached hydrogen (secondary N) is 1. The van der Waals surface area contributed by atoms with Gasteiger partial charge in [-0.25, -0.2) is 5.43 Å². The quantitative estimate of drug-likeness (QED) is 0.659. The van der Waals surface area contributed by atoms with Crippen LogP contribution in [-0.2, 0) is 0 Å². The van der Waals surface area contributed by atoms with Crippen LogP contribution >= 0.6 is 27.5 Å². The van der Waals surface area contributed by atoms with E-state index in [-0.39, 0.29) is 5.91 Å². The highest BCUT2D eigenvalue weighted by molar-refractivity contribution is 9.10. The fraction of sp³-hybridized carbons (Fsp3) is 0.0667. The van der Waals surface area contributed by atoms with Gasteiger partial charge in [-0.1, -0.05) is 45.7 Å². The minimum Gasteiger partial charge on any atom is -0.496 e. The van der Waals surface area contributed by atoms with E-state index in [2.05, 4.69) is 26.5 Å². The number of carbonyl (C=O) groups excluding carboxylic acids is 1. The Bertz CT molecular complexity index is 689. The van der Waals surface area contributed by atoms with Gasteiger partial charge in [0, 0.05) is 15.1 Å². The number of amides is 1. The van der Waals surface area contributed by atoms with Gasteiger partial charge in [0.25, 0.3) is 5.91 Å². The molecule has 0 saturated heterocycles. The van der Waals surface area contributed by atoms with Crippen LogP contribution in [0.15, 0.2) is 52.0 Å². The number of carbonyl (C=O) groups is 1. The van der Waals surface area contributed by atoms with Crippen molar-refractivity contribution in [2.24, 2.45) is 5.10 Å². The number of hydrogen-bond donors (Lipinski definition) is 1. The van der Waals surface area contributed by atoms with Gasteiger partial charge in [0.2, 0.25) is 0 Å². The van der Waals surface area contributed by atoms with Gasteiger partial charge in [-0.2, -0.15) is 5.10 Å². The highest BCUT2D eigenvalue weighted by Crippen LogP contribution is 2.22. The number of halogens is 2. The van der Waals surface area contributed by atoms with Gasteiger partial charge in [0.15, 0.2) is 0 Å². The largest absolute Gasteiger partial charge is 0.496 e. The molecule has 0 aliphatic carbocycles. The lowest BCUT2D eigenvalue weighted by molar-refractivity contribution is 0.0952. The lowest BCUT2D eigenvalue weighted by Crippen LogP contribution is -2.18.